The molecule has 1 aliphatic heterocycles. The summed E-state index contributed by atoms with van der Waals surface area (Å²) >= 11 is 0. The van der Waals surface area contributed by atoms with Crippen LogP contribution in [0.15, 0.2) is 4.99 Å². The Labute approximate surface area is 183 Å². The van der Waals surface area contributed by atoms with Gasteiger partial charge in [-0.2, -0.15) is 0 Å². The van der Waals surface area contributed by atoms with Crippen LogP contribution in [0.25, 0.3) is 0 Å². The number of aliphatic imine (C=N–C) groups is 1. The van der Waals surface area contributed by atoms with Crippen molar-refractivity contribution < 1.29 is 44.9 Å². The molecule has 32 heavy (non-hydrogen) atoms. The van der Waals surface area contributed by atoms with Crippen molar-refractivity contribution in [2.45, 2.75) is 85.5 Å². The Morgan fingerprint density at radius 3 is 2.38 bits per heavy atom. The molecule has 0 spiro atoms. The second-order valence-corrected chi connectivity index (χ2v) is 8.54. The lowest BCUT2D eigenvalue weighted by molar-refractivity contribution is -0.305. The van der Waals surface area contributed by atoms with Crippen LogP contribution in [0, 0.1) is 0 Å². The lowest BCUT2D eigenvalue weighted by Crippen LogP contribution is -2.68. The Hall–Kier alpha value is -1.66. The van der Waals surface area contributed by atoms with Gasteiger partial charge in [0.15, 0.2) is 17.9 Å². The standard InChI is InChI=1S/C17H32N6O9/c18-4-1-5(22-15(29)17(30)2-7(17)23-16(20)21)13(12(28)9(4)25)32-14-11(27)8(19)10(26)6(3-24)31-14/h4-14,24-28,30H,1-3,18-19H2,(H,22,29)(H4,20,21,23). The van der Waals surface area contributed by atoms with Crippen molar-refractivity contribution in [1.29, 1.82) is 0 Å². The number of carbonyl (C=O) groups excluding carboxylic acids is 1. The van der Waals surface area contributed by atoms with Crippen LogP contribution in [0.3, 0.4) is 0 Å². The summed E-state index contributed by atoms with van der Waals surface area (Å²) in [6.07, 6.45) is -10.1. The number of hydrogen-bond acceptors (Lipinski definition) is 12. The van der Waals surface area contributed by atoms with Crippen LogP contribution in [-0.4, -0.2) is 122 Å². The summed E-state index contributed by atoms with van der Waals surface area (Å²) in [5.41, 5.74) is 20.3. The van der Waals surface area contributed by atoms with Gasteiger partial charge in [-0.15, -0.1) is 0 Å². The number of nitrogens with one attached hydrogen (secondary N) is 1. The second-order valence-electron chi connectivity index (χ2n) is 8.54. The molecule has 1 heterocycles. The highest BCUT2D eigenvalue weighted by Crippen LogP contribution is 2.40. The summed E-state index contributed by atoms with van der Waals surface area (Å²) in [6, 6.07) is -4.04. The van der Waals surface area contributed by atoms with Crippen LogP contribution in [-0.2, 0) is 14.3 Å². The molecule has 3 rings (SSSR count). The minimum atomic E-state index is -1.87. The monoisotopic (exact) mass is 464 g/mol. The lowest BCUT2D eigenvalue weighted by atomic mass is 9.83. The quantitative estimate of drug-likeness (QED) is 0.129. The van der Waals surface area contributed by atoms with Crippen molar-refractivity contribution in [2.24, 2.45) is 27.9 Å². The SMILES string of the molecule is NC(N)=NC1CC1(O)C(=O)NC1CC(N)C(O)C(O)C1OC1OC(CO)C(O)C(N)C1O. The second kappa shape index (κ2) is 9.30. The maximum Gasteiger partial charge on any atom is 0.254 e. The predicted molar refractivity (Wildman–Crippen MR) is 106 cm³/mol. The molecule has 15 N–H and O–H groups in total. The fourth-order valence-corrected chi connectivity index (χ4v) is 4.06. The first-order valence-electron chi connectivity index (χ1n) is 10.2. The van der Waals surface area contributed by atoms with Crippen molar-refractivity contribution in [1.82, 2.24) is 5.32 Å². The average molecular weight is 464 g/mol. The number of aliphatic hydroxyl groups is 6. The van der Waals surface area contributed by atoms with E-state index in [9.17, 15) is 35.4 Å². The average Bonchev–Trinajstić information content (AvgIpc) is 3.38. The molecule has 1 saturated heterocycles. The zero-order chi connectivity index (χ0) is 24.0. The highest BCUT2D eigenvalue weighted by Gasteiger charge is 2.61. The van der Waals surface area contributed by atoms with E-state index in [0.717, 1.165) is 0 Å². The highest BCUT2D eigenvalue weighted by atomic mass is 16.7. The highest BCUT2D eigenvalue weighted by molar-refractivity contribution is 5.90. The number of hydrogen-bond donors (Lipinski definition) is 11. The third-order valence-electron chi connectivity index (χ3n) is 6.19. The summed E-state index contributed by atoms with van der Waals surface area (Å²) in [5.74, 6) is -1.13. The van der Waals surface area contributed by atoms with Gasteiger partial charge in [0.25, 0.3) is 5.91 Å². The molecule has 1 amide bonds. The Morgan fingerprint density at radius 2 is 1.78 bits per heavy atom. The van der Waals surface area contributed by atoms with Gasteiger partial charge in [0.05, 0.1) is 30.8 Å². The van der Waals surface area contributed by atoms with Gasteiger partial charge >= 0.3 is 0 Å². The van der Waals surface area contributed by atoms with E-state index >= 15 is 0 Å². The number of nitrogens with zero attached hydrogens (tertiary/aromatic N) is 1. The molecule has 12 atom stereocenters. The molecule has 15 heteroatoms. The van der Waals surface area contributed by atoms with Gasteiger partial charge in [-0.1, -0.05) is 0 Å². The maximum absolute atomic E-state index is 12.7. The van der Waals surface area contributed by atoms with Crippen molar-refractivity contribution in [3.63, 3.8) is 0 Å². The van der Waals surface area contributed by atoms with Crippen molar-refractivity contribution in [3.8, 4) is 0 Å². The number of nitrogens with two attached hydrogens (primary N) is 4. The molecule has 12 unspecified atom stereocenters. The van der Waals surface area contributed by atoms with Gasteiger partial charge in [0.1, 0.15) is 30.5 Å². The molecule has 2 saturated carbocycles. The Morgan fingerprint density at radius 1 is 1.12 bits per heavy atom. The molecule has 15 nitrogen and oxygen atoms in total. The van der Waals surface area contributed by atoms with Crippen molar-refractivity contribution in [3.05, 3.63) is 0 Å². The zero-order valence-electron chi connectivity index (χ0n) is 17.1. The van der Waals surface area contributed by atoms with Gasteiger partial charge in [0.2, 0.25) is 0 Å². The maximum atomic E-state index is 12.7. The van der Waals surface area contributed by atoms with Crippen LogP contribution in [0.5, 0.6) is 0 Å². The van der Waals surface area contributed by atoms with Crippen LogP contribution >= 0.6 is 0 Å². The smallest absolute Gasteiger partial charge is 0.254 e. The Kier molecular flexibility index (Phi) is 7.26. The molecule has 0 bridgehead atoms. The minimum Gasteiger partial charge on any atom is -0.394 e. The van der Waals surface area contributed by atoms with Gasteiger partial charge in [-0.3, -0.25) is 4.79 Å². The molecular formula is C17H32N6O9. The van der Waals surface area contributed by atoms with Crippen molar-refractivity contribution in [2.75, 3.05) is 6.61 Å². The number of aliphatic hydroxyl groups excluding tert-OH is 5. The van der Waals surface area contributed by atoms with E-state index < -0.39 is 85.2 Å². The molecule has 3 fully saturated rings. The van der Waals surface area contributed by atoms with E-state index in [1.807, 2.05) is 0 Å². The first-order valence-corrected chi connectivity index (χ1v) is 10.2. The summed E-state index contributed by atoms with van der Waals surface area (Å²) in [7, 11) is 0. The number of amides is 1. The summed E-state index contributed by atoms with van der Waals surface area (Å²) < 4.78 is 11.0. The van der Waals surface area contributed by atoms with E-state index in [1.54, 1.807) is 0 Å². The number of carbonyl (C=O) groups is 1. The summed E-state index contributed by atoms with van der Waals surface area (Å²) in [6.45, 7) is -0.623. The van der Waals surface area contributed by atoms with Gasteiger partial charge in [0, 0.05) is 12.5 Å². The van der Waals surface area contributed by atoms with Crippen LogP contribution < -0.4 is 28.3 Å². The topological polar surface area (TPSA) is 285 Å². The van der Waals surface area contributed by atoms with E-state index in [1.165, 1.54) is 0 Å². The van der Waals surface area contributed by atoms with Gasteiger partial charge in [-0.25, -0.2) is 4.99 Å². The molecule has 3 aliphatic rings. The molecular weight excluding hydrogens is 432 g/mol. The molecule has 184 valence electrons. The number of rotatable bonds is 6. The van der Waals surface area contributed by atoms with Gasteiger partial charge in [-0.05, 0) is 6.42 Å². The van der Waals surface area contributed by atoms with Gasteiger partial charge < -0.3 is 68.4 Å². The molecule has 0 radical (unpaired) electrons. The van der Waals surface area contributed by atoms with Crippen molar-refractivity contribution >= 4 is 11.9 Å². The fraction of sp³-hybridized carbons (Fsp3) is 0.882. The summed E-state index contributed by atoms with van der Waals surface area (Å²) in [4.78, 5) is 16.4. The van der Waals surface area contributed by atoms with Crippen LogP contribution in [0.2, 0.25) is 0 Å². The minimum absolute atomic E-state index is 0.0262. The molecule has 0 aromatic rings. The third kappa shape index (κ3) is 4.67. The molecule has 0 aromatic carbocycles. The number of ether oxygens (including phenoxy) is 2. The Bertz CT molecular complexity index is 725. The van der Waals surface area contributed by atoms with E-state index in [4.69, 9.17) is 32.4 Å². The number of guanidine groups is 1. The van der Waals surface area contributed by atoms with Crippen LogP contribution in [0.4, 0.5) is 0 Å². The first kappa shape index (κ1) is 25.0. The molecule has 2 aliphatic carbocycles. The van der Waals surface area contributed by atoms with E-state index in [2.05, 4.69) is 10.3 Å². The third-order valence-corrected chi connectivity index (χ3v) is 6.19. The lowest BCUT2D eigenvalue weighted by Gasteiger charge is -2.46. The van der Waals surface area contributed by atoms with E-state index in [0.29, 0.717) is 0 Å². The zero-order valence-corrected chi connectivity index (χ0v) is 17.1. The summed E-state index contributed by atoms with van der Waals surface area (Å²) in [5, 5.41) is 63.4. The Balaban J connectivity index is 1.76. The molecule has 0 aromatic heterocycles. The largest absolute Gasteiger partial charge is 0.394 e. The predicted octanol–water partition coefficient (Wildman–Crippen LogP) is -7.15. The first-order chi connectivity index (χ1) is 14.9. The van der Waals surface area contributed by atoms with E-state index in [-0.39, 0.29) is 18.8 Å². The fourth-order valence-electron chi connectivity index (χ4n) is 4.06. The normalized spacial score (nSPS) is 48.7. The van der Waals surface area contributed by atoms with Crippen LogP contribution in [0.1, 0.15) is 12.8 Å².